The topological polar surface area (TPSA) is 35.5 Å². The number of rotatable bonds is 5. The van der Waals surface area contributed by atoms with Crippen LogP contribution in [0.4, 0.5) is 4.39 Å². The van der Waals surface area contributed by atoms with E-state index >= 15 is 0 Å². The Balaban J connectivity index is 3.20. The fraction of sp³-hybridized carbons (Fsp3) is 0.417. The lowest BCUT2D eigenvalue weighted by atomic mass is 9.96. The van der Waals surface area contributed by atoms with Gasteiger partial charge in [-0.2, -0.15) is 0 Å². The Hall–Kier alpha value is -1.58. The molecule has 1 rings (SSSR count). The van der Waals surface area contributed by atoms with Crippen molar-refractivity contribution in [2.45, 2.75) is 19.3 Å². The van der Waals surface area contributed by atoms with Crippen molar-refractivity contribution in [3.05, 3.63) is 23.5 Å². The second kappa shape index (κ2) is 5.49. The first-order valence-corrected chi connectivity index (χ1v) is 4.99. The molecule has 0 aromatic heterocycles. The molecule has 16 heavy (non-hydrogen) atoms. The first-order valence-electron chi connectivity index (χ1n) is 4.99. The van der Waals surface area contributed by atoms with Gasteiger partial charge in [-0.1, -0.05) is 6.92 Å². The molecule has 0 saturated carbocycles. The van der Waals surface area contributed by atoms with Crippen molar-refractivity contribution in [1.82, 2.24) is 0 Å². The summed E-state index contributed by atoms with van der Waals surface area (Å²) in [6.07, 6.45) is 1.04. The fourth-order valence-corrected chi connectivity index (χ4v) is 1.60. The monoisotopic (exact) mass is 226 g/mol. The summed E-state index contributed by atoms with van der Waals surface area (Å²) in [6.45, 7) is 1.78. The van der Waals surface area contributed by atoms with Gasteiger partial charge < -0.3 is 14.3 Å². The van der Waals surface area contributed by atoms with Crippen molar-refractivity contribution < 1.29 is 18.7 Å². The maximum Gasteiger partial charge on any atom is 0.134 e. The van der Waals surface area contributed by atoms with Crippen LogP contribution < -0.4 is 9.47 Å². The predicted molar refractivity (Wildman–Crippen MR) is 58.6 cm³/mol. The number of carbonyl (C=O) groups is 1. The number of aldehydes is 1. The summed E-state index contributed by atoms with van der Waals surface area (Å²) in [5.74, 6) is 0.187. The van der Waals surface area contributed by atoms with Gasteiger partial charge in [0.2, 0.25) is 0 Å². The average Bonchev–Trinajstić information content (AvgIpc) is 2.27. The molecule has 1 aromatic rings. The van der Waals surface area contributed by atoms with Crippen molar-refractivity contribution >= 4 is 6.29 Å². The van der Waals surface area contributed by atoms with Crippen LogP contribution in [0, 0.1) is 5.82 Å². The maximum absolute atomic E-state index is 13.8. The number of carbonyl (C=O) groups excluding carboxylic acids is 1. The molecule has 4 heteroatoms. The van der Waals surface area contributed by atoms with Crippen molar-refractivity contribution in [3.8, 4) is 11.5 Å². The highest BCUT2D eigenvalue weighted by Gasteiger charge is 2.18. The summed E-state index contributed by atoms with van der Waals surface area (Å²) in [4.78, 5) is 10.4. The van der Waals surface area contributed by atoms with Gasteiger partial charge in [-0.3, -0.25) is 0 Å². The van der Waals surface area contributed by atoms with Crippen LogP contribution in [0.3, 0.4) is 0 Å². The van der Waals surface area contributed by atoms with Crippen LogP contribution in [-0.2, 0) is 4.79 Å². The van der Waals surface area contributed by atoms with E-state index in [1.54, 1.807) is 13.0 Å². The molecule has 0 N–H and O–H groups in total. The number of hydrogen-bond donors (Lipinski definition) is 0. The molecule has 1 unspecified atom stereocenters. The third-order valence-electron chi connectivity index (χ3n) is 2.46. The highest BCUT2D eigenvalue weighted by Crippen LogP contribution is 2.34. The molecule has 0 saturated heterocycles. The molecule has 1 atom stereocenters. The van der Waals surface area contributed by atoms with Crippen LogP contribution in [0.2, 0.25) is 0 Å². The van der Waals surface area contributed by atoms with Gasteiger partial charge in [0.15, 0.2) is 0 Å². The zero-order valence-corrected chi connectivity index (χ0v) is 9.62. The third kappa shape index (κ3) is 2.51. The second-order valence-electron chi connectivity index (χ2n) is 3.53. The van der Waals surface area contributed by atoms with Gasteiger partial charge in [0.05, 0.1) is 14.2 Å². The Morgan fingerprint density at radius 2 is 2.06 bits per heavy atom. The van der Waals surface area contributed by atoms with E-state index in [2.05, 4.69) is 0 Å². The van der Waals surface area contributed by atoms with Crippen LogP contribution in [0.1, 0.15) is 24.8 Å². The SMILES string of the molecule is COc1cc(F)c(C(C)CC=O)c(OC)c1. The van der Waals surface area contributed by atoms with E-state index in [0.29, 0.717) is 17.1 Å². The number of methoxy groups -OCH3 is 2. The van der Waals surface area contributed by atoms with Gasteiger partial charge in [0.1, 0.15) is 23.6 Å². The molecule has 0 bridgehead atoms. The highest BCUT2D eigenvalue weighted by atomic mass is 19.1. The molecular weight excluding hydrogens is 211 g/mol. The van der Waals surface area contributed by atoms with Crippen LogP contribution in [0.15, 0.2) is 12.1 Å². The van der Waals surface area contributed by atoms with Crippen LogP contribution in [-0.4, -0.2) is 20.5 Å². The quantitative estimate of drug-likeness (QED) is 0.724. The number of benzene rings is 1. The van der Waals surface area contributed by atoms with Crippen LogP contribution >= 0.6 is 0 Å². The minimum Gasteiger partial charge on any atom is -0.497 e. The molecule has 0 spiro atoms. The average molecular weight is 226 g/mol. The van der Waals surface area contributed by atoms with Gasteiger partial charge in [-0.25, -0.2) is 4.39 Å². The van der Waals surface area contributed by atoms with E-state index in [9.17, 15) is 9.18 Å². The normalized spacial score (nSPS) is 12.0. The summed E-state index contributed by atoms with van der Waals surface area (Å²) >= 11 is 0. The summed E-state index contributed by atoms with van der Waals surface area (Å²) < 4.78 is 23.8. The Labute approximate surface area is 94.2 Å². The fourth-order valence-electron chi connectivity index (χ4n) is 1.60. The van der Waals surface area contributed by atoms with Gasteiger partial charge in [-0.05, 0) is 5.92 Å². The predicted octanol–water partition coefficient (Wildman–Crippen LogP) is 2.54. The number of halogens is 1. The van der Waals surface area contributed by atoms with Crippen LogP contribution in [0.5, 0.6) is 11.5 Å². The van der Waals surface area contributed by atoms with E-state index in [1.807, 2.05) is 0 Å². The molecule has 0 aliphatic carbocycles. The van der Waals surface area contributed by atoms with Crippen molar-refractivity contribution in [3.63, 3.8) is 0 Å². The minimum atomic E-state index is -0.412. The first-order chi connectivity index (χ1) is 7.63. The Kier molecular flexibility index (Phi) is 4.28. The van der Waals surface area contributed by atoms with Crippen LogP contribution in [0.25, 0.3) is 0 Å². The maximum atomic E-state index is 13.8. The molecule has 0 aliphatic rings. The zero-order chi connectivity index (χ0) is 12.1. The number of hydrogen-bond acceptors (Lipinski definition) is 3. The zero-order valence-electron chi connectivity index (χ0n) is 9.62. The lowest BCUT2D eigenvalue weighted by molar-refractivity contribution is -0.108. The summed E-state index contributed by atoms with van der Waals surface area (Å²) in [6, 6.07) is 2.90. The Morgan fingerprint density at radius 1 is 1.38 bits per heavy atom. The van der Waals surface area contributed by atoms with Crippen molar-refractivity contribution in [2.75, 3.05) is 14.2 Å². The molecule has 3 nitrogen and oxygen atoms in total. The molecule has 0 heterocycles. The van der Waals surface area contributed by atoms with Gasteiger partial charge in [0, 0.05) is 24.1 Å². The summed E-state index contributed by atoms with van der Waals surface area (Å²) in [7, 11) is 2.92. The number of ether oxygens (including phenoxy) is 2. The third-order valence-corrected chi connectivity index (χ3v) is 2.46. The highest BCUT2D eigenvalue weighted by molar-refractivity contribution is 5.53. The molecular formula is C12H15FO3. The molecule has 88 valence electrons. The molecule has 0 aliphatic heterocycles. The standard InChI is InChI=1S/C12H15FO3/c1-8(4-5-14)12-10(13)6-9(15-2)7-11(12)16-3/h5-8H,4H2,1-3H3. The van der Waals surface area contributed by atoms with E-state index in [-0.39, 0.29) is 12.3 Å². The van der Waals surface area contributed by atoms with Crippen molar-refractivity contribution in [1.29, 1.82) is 0 Å². The van der Waals surface area contributed by atoms with E-state index in [0.717, 1.165) is 6.29 Å². The minimum absolute atomic E-state index is 0.210. The van der Waals surface area contributed by atoms with E-state index in [4.69, 9.17) is 9.47 Å². The molecule has 1 aromatic carbocycles. The smallest absolute Gasteiger partial charge is 0.134 e. The Morgan fingerprint density at radius 3 is 2.56 bits per heavy atom. The molecule has 0 amide bonds. The second-order valence-corrected chi connectivity index (χ2v) is 3.53. The lowest BCUT2D eigenvalue weighted by Crippen LogP contribution is -2.02. The van der Waals surface area contributed by atoms with Gasteiger partial charge in [-0.15, -0.1) is 0 Å². The first kappa shape index (κ1) is 12.5. The van der Waals surface area contributed by atoms with Crippen molar-refractivity contribution in [2.24, 2.45) is 0 Å². The summed E-state index contributed by atoms with van der Waals surface area (Å²) in [5.41, 5.74) is 0.412. The Bertz CT molecular complexity index is 377. The van der Waals surface area contributed by atoms with E-state index < -0.39 is 5.82 Å². The summed E-state index contributed by atoms with van der Waals surface area (Å²) in [5, 5.41) is 0. The molecule has 0 radical (unpaired) electrons. The lowest BCUT2D eigenvalue weighted by Gasteiger charge is -2.15. The van der Waals surface area contributed by atoms with Gasteiger partial charge in [0.25, 0.3) is 0 Å². The van der Waals surface area contributed by atoms with Gasteiger partial charge >= 0.3 is 0 Å². The largest absolute Gasteiger partial charge is 0.497 e. The molecule has 0 fully saturated rings. The van der Waals surface area contributed by atoms with E-state index in [1.165, 1.54) is 20.3 Å².